The molecule has 0 aliphatic heterocycles. The number of ether oxygens (including phenoxy) is 2. The maximum Gasteiger partial charge on any atom is 0.333 e. The molecule has 3 rings (SSSR count). The molecule has 0 fully saturated rings. The number of allylic oxidation sites excluding steroid dienone is 2. The number of hydrogen-bond acceptors (Lipinski definition) is 4. The largest absolute Gasteiger partial charge is 0.490 e. The molecule has 6 heteroatoms. The molecular formula is C31H32O6. The molecule has 0 radical (unpaired) electrons. The van der Waals surface area contributed by atoms with Crippen molar-refractivity contribution in [1.29, 1.82) is 0 Å². The number of hydrogen-bond donors (Lipinski definition) is 2. The van der Waals surface area contributed by atoms with Crippen molar-refractivity contribution < 1.29 is 29.3 Å². The van der Waals surface area contributed by atoms with Crippen LogP contribution in [0, 0.1) is 0 Å². The van der Waals surface area contributed by atoms with Crippen LogP contribution in [0.4, 0.5) is 0 Å². The fourth-order valence-corrected chi connectivity index (χ4v) is 3.87. The molecule has 0 aliphatic carbocycles. The zero-order valence-electron chi connectivity index (χ0n) is 21.3. The van der Waals surface area contributed by atoms with Crippen molar-refractivity contribution in [3.05, 3.63) is 102 Å². The number of benzene rings is 3. The Hall–Kier alpha value is -4.16. The molecule has 192 valence electrons. The summed E-state index contributed by atoms with van der Waals surface area (Å²) >= 11 is 0. The van der Waals surface area contributed by atoms with Gasteiger partial charge in [-0.2, -0.15) is 0 Å². The van der Waals surface area contributed by atoms with Gasteiger partial charge in [-0.25, -0.2) is 9.59 Å². The van der Waals surface area contributed by atoms with Crippen LogP contribution in [0.5, 0.6) is 5.75 Å². The molecule has 0 aliphatic rings. The highest BCUT2D eigenvalue weighted by molar-refractivity contribution is 5.90. The van der Waals surface area contributed by atoms with E-state index in [1.165, 1.54) is 6.08 Å². The second-order valence-electron chi connectivity index (χ2n) is 8.65. The summed E-state index contributed by atoms with van der Waals surface area (Å²) in [6.07, 6.45) is 2.68. The third-order valence-electron chi connectivity index (χ3n) is 5.96. The lowest BCUT2D eigenvalue weighted by molar-refractivity contribution is -0.150. The molecule has 0 saturated heterocycles. The summed E-state index contributed by atoms with van der Waals surface area (Å²) in [4.78, 5) is 22.2. The van der Waals surface area contributed by atoms with Gasteiger partial charge in [-0.3, -0.25) is 0 Å². The van der Waals surface area contributed by atoms with Gasteiger partial charge in [0.25, 0.3) is 0 Å². The molecule has 0 bridgehead atoms. The number of carboxylic acid groups (broad SMARTS) is 2. The average Bonchev–Trinajstić information content (AvgIpc) is 2.89. The highest BCUT2D eigenvalue weighted by Crippen LogP contribution is 2.26. The molecule has 37 heavy (non-hydrogen) atoms. The number of carboxylic acids is 2. The quantitative estimate of drug-likeness (QED) is 0.281. The summed E-state index contributed by atoms with van der Waals surface area (Å²) < 4.78 is 11.1. The van der Waals surface area contributed by atoms with E-state index in [9.17, 15) is 14.7 Å². The van der Waals surface area contributed by atoms with Gasteiger partial charge in [0.05, 0.1) is 0 Å². The lowest BCUT2D eigenvalue weighted by atomic mass is 9.97. The van der Waals surface area contributed by atoms with Gasteiger partial charge in [-0.15, -0.1) is 0 Å². The van der Waals surface area contributed by atoms with Gasteiger partial charge in [-0.05, 0) is 84.0 Å². The Balaban J connectivity index is 1.60. The Bertz CT molecular complexity index is 1270. The van der Waals surface area contributed by atoms with Crippen molar-refractivity contribution in [2.45, 2.75) is 33.3 Å². The van der Waals surface area contributed by atoms with Crippen LogP contribution < -0.4 is 4.74 Å². The van der Waals surface area contributed by atoms with Crippen LogP contribution in [0.15, 0.2) is 84.9 Å². The number of aliphatic carboxylic acids is 2. The van der Waals surface area contributed by atoms with E-state index in [-0.39, 0.29) is 0 Å². The van der Waals surface area contributed by atoms with E-state index in [0.29, 0.717) is 31.0 Å². The topological polar surface area (TPSA) is 93.1 Å². The third kappa shape index (κ3) is 8.19. The van der Waals surface area contributed by atoms with E-state index in [4.69, 9.17) is 14.6 Å². The second-order valence-corrected chi connectivity index (χ2v) is 8.65. The first-order valence-corrected chi connectivity index (χ1v) is 12.1. The maximum absolute atomic E-state index is 11.3. The van der Waals surface area contributed by atoms with E-state index in [1.54, 1.807) is 13.8 Å². The first kappa shape index (κ1) is 27.4. The molecule has 6 nitrogen and oxygen atoms in total. The second kappa shape index (κ2) is 13.2. The molecule has 2 N–H and O–H groups in total. The van der Waals surface area contributed by atoms with Crippen molar-refractivity contribution in [2.24, 2.45) is 0 Å². The highest BCUT2D eigenvalue weighted by Gasteiger charge is 2.17. The van der Waals surface area contributed by atoms with E-state index in [2.05, 4.69) is 12.1 Å². The molecule has 0 amide bonds. The van der Waals surface area contributed by atoms with Gasteiger partial charge in [0.2, 0.25) is 0 Å². The molecule has 3 aromatic carbocycles. The van der Waals surface area contributed by atoms with E-state index >= 15 is 0 Å². The average molecular weight is 501 g/mol. The van der Waals surface area contributed by atoms with Gasteiger partial charge in [0, 0.05) is 19.1 Å². The number of carbonyl (C=O) groups is 2. The number of rotatable bonds is 12. The van der Waals surface area contributed by atoms with Crippen LogP contribution in [0.2, 0.25) is 0 Å². The Morgan fingerprint density at radius 3 is 2.19 bits per heavy atom. The lowest BCUT2D eigenvalue weighted by Gasteiger charge is -2.12. The Kier molecular flexibility index (Phi) is 9.81. The maximum atomic E-state index is 11.3. The summed E-state index contributed by atoms with van der Waals surface area (Å²) in [6, 6.07) is 23.4. The van der Waals surface area contributed by atoms with Gasteiger partial charge in [0.1, 0.15) is 12.4 Å². The molecule has 0 saturated carbocycles. The standard InChI is InChI=1S/C31H32O6/c1-4-36-29(31(34)35)19-23-8-14-28(15-9-23)37-17-16-21(2)24-10-12-25(13-11-24)27-7-5-6-26(20-27)22(3)18-30(32)33/h5-16,18,20,29H,4,17,19H2,1-3H3,(H,32,33)(H,34,35)/t29-/m0/s1. The van der Waals surface area contributed by atoms with Gasteiger partial charge in [0.15, 0.2) is 6.10 Å². The third-order valence-corrected chi connectivity index (χ3v) is 5.96. The van der Waals surface area contributed by atoms with Crippen LogP contribution in [-0.4, -0.2) is 41.5 Å². The molecule has 0 unspecified atom stereocenters. The summed E-state index contributed by atoms with van der Waals surface area (Å²) in [5.41, 5.74) is 6.68. The van der Waals surface area contributed by atoms with Crippen molar-refractivity contribution >= 4 is 23.1 Å². The molecule has 0 heterocycles. The molecule has 0 aromatic heterocycles. The first-order chi connectivity index (χ1) is 17.8. The minimum absolute atomic E-state index is 0.307. The fourth-order valence-electron chi connectivity index (χ4n) is 3.87. The van der Waals surface area contributed by atoms with Crippen LogP contribution in [0.3, 0.4) is 0 Å². The minimum Gasteiger partial charge on any atom is -0.490 e. The molecular weight excluding hydrogens is 468 g/mol. The van der Waals surface area contributed by atoms with E-state index in [0.717, 1.165) is 33.4 Å². The Morgan fingerprint density at radius 2 is 1.57 bits per heavy atom. The minimum atomic E-state index is -0.965. The predicted octanol–water partition coefficient (Wildman–Crippen LogP) is 6.36. The van der Waals surface area contributed by atoms with E-state index < -0.39 is 18.0 Å². The van der Waals surface area contributed by atoms with Crippen LogP contribution in [0.1, 0.15) is 37.5 Å². The monoisotopic (exact) mass is 500 g/mol. The first-order valence-electron chi connectivity index (χ1n) is 12.1. The highest BCUT2D eigenvalue weighted by atomic mass is 16.5. The van der Waals surface area contributed by atoms with Crippen LogP contribution in [-0.2, 0) is 20.7 Å². The van der Waals surface area contributed by atoms with Crippen molar-refractivity contribution in [1.82, 2.24) is 0 Å². The van der Waals surface area contributed by atoms with Crippen molar-refractivity contribution in [3.8, 4) is 16.9 Å². The predicted molar refractivity (Wildman–Crippen MR) is 146 cm³/mol. The zero-order chi connectivity index (χ0) is 26.8. The lowest BCUT2D eigenvalue weighted by Crippen LogP contribution is -2.26. The fraction of sp³-hybridized carbons (Fsp3) is 0.226. The smallest absolute Gasteiger partial charge is 0.333 e. The zero-order valence-corrected chi connectivity index (χ0v) is 21.3. The van der Waals surface area contributed by atoms with E-state index in [1.807, 2.05) is 73.7 Å². The van der Waals surface area contributed by atoms with Gasteiger partial charge < -0.3 is 19.7 Å². The summed E-state index contributed by atoms with van der Waals surface area (Å²) in [6.45, 7) is 6.35. The van der Waals surface area contributed by atoms with Gasteiger partial charge >= 0.3 is 11.9 Å². The van der Waals surface area contributed by atoms with Crippen molar-refractivity contribution in [3.63, 3.8) is 0 Å². The summed E-state index contributed by atoms with van der Waals surface area (Å²) in [7, 11) is 0. The normalized spacial score (nSPS) is 12.7. The van der Waals surface area contributed by atoms with Crippen LogP contribution in [0.25, 0.3) is 22.3 Å². The Labute approximate surface area is 217 Å². The van der Waals surface area contributed by atoms with Gasteiger partial charge in [-0.1, -0.05) is 54.6 Å². The molecule has 0 spiro atoms. The molecule has 3 aromatic rings. The van der Waals surface area contributed by atoms with Crippen molar-refractivity contribution in [2.75, 3.05) is 13.2 Å². The summed E-state index contributed by atoms with van der Waals surface area (Å²) in [5.74, 6) is -1.22. The van der Waals surface area contributed by atoms with Crippen LogP contribution >= 0.6 is 0 Å². The summed E-state index contributed by atoms with van der Waals surface area (Å²) in [5, 5.41) is 18.2. The SMILES string of the molecule is CCO[C@@H](Cc1ccc(OCC=C(C)c2ccc(-c3cccc(C(C)=CC(=O)O)c3)cc2)cc1)C(=O)O. The Morgan fingerprint density at radius 1 is 0.865 bits per heavy atom. The molecule has 1 atom stereocenters.